The monoisotopic (exact) mass is 355 g/mol. The molecule has 0 aliphatic rings. The molecule has 2 amide bonds. The van der Waals surface area contributed by atoms with Gasteiger partial charge in [0.2, 0.25) is 0 Å². The maximum atomic E-state index is 14.0. The van der Waals surface area contributed by atoms with Crippen LogP contribution in [0.5, 0.6) is 0 Å². The van der Waals surface area contributed by atoms with Crippen molar-refractivity contribution in [2.75, 3.05) is 10.6 Å². The molecular weight excluding hydrogens is 337 g/mol. The highest BCUT2D eigenvalue weighted by atomic mass is 19.1. The Morgan fingerprint density at radius 3 is 2.23 bits per heavy atom. The van der Waals surface area contributed by atoms with Crippen molar-refractivity contribution in [3.8, 4) is 6.07 Å². The summed E-state index contributed by atoms with van der Waals surface area (Å²) in [6.07, 6.45) is -0.677. The number of ether oxygens (including phenoxy) is 1. The minimum Gasteiger partial charge on any atom is -0.444 e. The van der Waals surface area contributed by atoms with Crippen LogP contribution in [0.25, 0.3) is 0 Å². The van der Waals surface area contributed by atoms with E-state index in [1.807, 2.05) is 0 Å². The number of nitriles is 1. The lowest BCUT2D eigenvalue weighted by molar-refractivity contribution is 0.0635. The molecule has 7 heteroatoms. The molecule has 0 saturated heterocycles. The van der Waals surface area contributed by atoms with E-state index < -0.39 is 23.4 Å². The quantitative estimate of drug-likeness (QED) is 0.859. The molecule has 0 radical (unpaired) electrons. The fraction of sp³-hybridized carbons (Fsp3) is 0.211. The van der Waals surface area contributed by atoms with E-state index >= 15 is 0 Å². The van der Waals surface area contributed by atoms with Crippen LogP contribution in [0.3, 0.4) is 0 Å². The van der Waals surface area contributed by atoms with E-state index in [0.29, 0.717) is 5.69 Å². The first-order valence-electron chi connectivity index (χ1n) is 7.79. The van der Waals surface area contributed by atoms with Crippen molar-refractivity contribution in [1.82, 2.24) is 0 Å². The third-order valence-corrected chi connectivity index (χ3v) is 3.15. The number of hydrogen-bond acceptors (Lipinski definition) is 4. The zero-order valence-corrected chi connectivity index (χ0v) is 14.6. The topological polar surface area (TPSA) is 91.2 Å². The number of nitrogens with one attached hydrogen (secondary N) is 2. The predicted octanol–water partition coefficient (Wildman–Crippen LogP) is 4.30. The maximum Gasteiger partial charge on any atom is 0.412 e. The van der Waals surface area contributed by atoms with Crippen molar-refractivity contribution in [3.05, 3.63) is 59.4 Å². The third-order valence-electron chi connectivity index (χ3n) is 3.15. The Kier molecular flexibility index (Phi) is 5.58. The highest BCUT2D eigenvalue weighted by Crippen LogP contribution is 2.23. The van der Waals surface area contributed by atoms with E-state index in [1.54, 1.807) is 51.1 Å². The fourth-order valence-electron chi connectivity index (χ4n) is 2.07. The number of carbonyl (C=O) groups excluding carboxylic acids is 2. The van der Waals surface area contributed by atoms with Gasteiger partial charge in [-0.1, -0.05) is 12.1 Å². The second-order valence-corrected chi connectivity index (χ2v) is 6.43. The summed E-state index contributed by atoms with van der Waals surface area (Å²) in [5.41, 5.74) is -0.174. The first-order chi connectivity index (χ1) is 12.2. The number of amides is 2. The van der Waals surface area contributed by atoms with Crippen molar-refractivity contribution >= 4 is 23.4 Å². The smallest absolute Gasteiger partial charge is 0.412 e. The summed E-state index contributed by atoms with van der Waals surface area (Å²) < 4.78 is 19.2. The van der Waals surface area contributed by atoms with Gasteiger partial charge in [0.25, 0.3) is 5.91 Å². The molecule has 2 aromatic carbocycles. The number of nitrogens with zero attached hydrogens (tertiary/aromatic N) is 1. The molecule has 0 bridgehead atoms. The zero-order chi connectivity index (χ0) is 19.3. The Hall–Kier alpha value is -3.40. The van der Waals surface area contributed by atoms with Crippen LogP contribution in [0.15, 0.2) is 42.5 Å². The Morgan fingerprint density at radius 2 is 1.69 bits per heavy atom. The van der Waals surface area contributed by atoms with Gasteiger partial charge >= 0.3 is 6.09 Å². The van der Waals surface area contributed by atoms with Gasteiger partial charge in [-0.3, -0.25) is 10.1 Å². The number of carbonyl (C=O) groups is 2. The third kappa shape index (κ3) is 5.05. The first-order valence-corrected chi connectivity index (χ1v) is 7.79. The standard InChI is InChI=1S/C19H18FN3O3/c1-19(2,3)26-18(25)23-16-7-5-4-6-15(16)22-17(24)13-9-8-12(11-21)10-14(13)20/h4-10H,1-3H3,(H,22,24)(H,23,25). The lowest BCUT2D eigenvalue weighted by atomic mass is 10.1. The van der Waals surface area contributed by atoms with E-state index in [1.165, 1.54) is 12.1 Å². The molecule has 0 saturated carbocycles. The molecule has 0 aromatic heterocycles. The van der Waals surface area contributed by atoms with Crippen LogP contribution in [-0.2, 0) is 4.74 Å². The van der Waals surface area contributed by atoms with Crippen molar-refractivity contribution in [2.24, 2.45) is 0 Å². The van der Waals surface area contributed by atoms with Crippen molar-refractivity contribution in [2.45, 2.75) is 26.4 Å². The second-order valence-electron chi connectivity index (χ2n) is 6.43. The van der Waals surface area contributed by atoms with Gasteiger partial charge in [0.05, 0.1) is 28.6 Å². The maximum absolute atomic E-state index is 14.0. The van der Waals surface area contributed by atoms with E-state index in [0.717, 1.165) is 6.07 Å². The molecule has 0 fully saturated rings. The summed E-state index contributed by atoms with van der Waals surface area (Å²) in [4.78, 5) is 24.2. The van der Waals surface area contributed by atoms with Gasteiger partial charge in [-0.2, -0.15) is 5.26 Å². The number of rotatable bonds is 3. The average Bonchev–Trinajstić information content (AvgIpc) is 2.54. The fourth-order valence-corrected chi connectivity index (χ4v) is 2.07. The molecule has 0 unspecified atom stereocenters. The molecule has 0 aliphatic carbocycles. The van der Waals surface area contributed by atoms with Crippen LogP contribution in [0.1, 0.15) is 36.7 Å². The Labute approximate surface area is 150 Å². The summed E-state index contributed by atoms with van der Waals surface area (Å²) in [6.45, 7) is 5.19. The van der Waals surface area contributed by atoms with Crippen molar-refractivity contribution < 1.29 is 18.7 Å². The van der Waals surface area contributed by atoms with Gasteiger partial charge < -0.3 is 10.1 Å². The van der Waals surface area contributed by atoms with Crippen LogP contribution in [0.2, 0.25) is 0 Å². The van der Waals surface area contributed by atoms with Gasteiger partial charge in [0, 0.05) is 0 Å². The average molecular weight is 355 g/mol. The minimum atomic E-state index is -0.806. The van der Waals surface area contributed by atoms with Gasteiger partial charge in [-0.25, -0.2) is 9.18 Å². The number of benzene rings is 2. The molecular formula is C19H18FN3O3. The first kappa shape index (κ1) is 18.9. The molecule has 0 spiro atoms. The lowest BCUT2D eigenvalue weighted by Crippen LogP contribution is -2.27. The molecule has 2 rings (SSSR count). The Balaban J connectivity index is 2.19. The predicted molar refractivity (Wildman–Crippen MR) is 95.4 cm³/mol. The Morgan fingerprint density at radius 1 is 1.08 bits per heavy atom. The van der Waals surface area contributed by atoms with E-state index in [-0.39, 0.29) is 16.8 Å². The van der Waals surface area contributed by atoms with Gasteiger partial charge in [0.1, 0.15) is 11.4 Å². The van der Waals surface area contributed by atoms with Gasteiger partial charge in [-0.05, 0) is 51.1 Å². The van der Waals surface area contributed by atoms with Crippen LogP contribution >= 0.6 is 0 Å². The summed E-state index contributed by atoms with van der Waals surface area (Å²) in [6, 6.07) is 11.8. The van der Waals surface area contributed by atoms with Crippen LogP contribution in [0, 0.1) is 17.1 Å². The van der Waals surface area contributed by atoms with Crippen LogP contribution < -0.4 is 10.6 Å². The second kappa shape index (κ2) is 7.66. The number of halogens is 1. The molecule has 6 nitrogen and oxygen atoms in total. The van der Waals surface area contributed by atoms with E-state index in [9.17, 15) is 14.0 Å². The number of hydrogen-bond donors (Lipinski definition) is 2. The molecule has 26 heavy (non-hydrogen) atoms. The highest BCUT2D eigenvalue weighted by Gasteiger charge is 2.18. The molecule has 0 atom stereocenters. The lowest BCUT2D eigenvalue weighted by Gasteiger charge is -2.20. The van der Waals surface area contributed by atoms with Crippen molar-refractivity contribution in [3.63, 3.8) is 0 Å². The molecule has 2 aromatic rings. The number of para-hydroxylation sites is 2. The molecule has 0 heterocycles. The van der Waals surface area contributed by atoms with Crippen LogP contribution in [0.4, 0.5) is 20.6 Å². The zero-order valence-electron chi connectivity index (χ0n) is 14.6. The largest absolute Gasteiger partial charge is 0.444 e. The van der Waals surface area contributed by atoms with Gasteiger partial charge in [0.15, 0.2) is 0 Å². The van der Waals surface area contributed by atoms with E-state index in [2.05, 4.69) is 10.6 Å². The minimum absolute atomic E-state index is 0.117. The summed E-state index contributed by atoms with van der Waals surface area (Å²) in [7, 11) is 0. The van der Waals surface area contributed by atoms with Crippen LogP contribution in [-0.4, -0.2) is 17.6 Å². The molecule has 2 N–H and O–H groups in total. The number of anilines is 2. The summed E-state index contributed by atoms with van der Waals surface area (Å²) in [5, 5.41) is 13.8. The molecule has 0 aliphatic heterocycles. The van der Waals surface area contributed by atoms with Crippen molar-refractivity contribution in [1.29, 1.82) is 5.26 Å². The summed E-state index contributed by atoms with van der Waals surface area (Å²) >= 11 is 0. The molecule has 134 valence electrons. The highest BCUT2D eigenvalue weighted by molar-refractivity contribution is 6.07. The van der Waals surface area contributed by atoms with Gasteiger partial charge in [-0.15, -0.1) is 0 Å². The SMILES string of the molecule is CC(C)(C)OC(=O)Nc1ccccc1NC(=O)c1ccc(C#N)cc1F. The Bertz CT molecular complexity index is 882. The summed E-state index contributed by atoms with van der Waals surface area (Å²) in [5.74, 6) is -1.51. The normalized spacial score (nSPS) is 10.6. The van der Waals surface area contributed by atoms with E-state index in [4.69, 9.17) is 10.00 Å².